The first-order valence-corrected chi connectivity index (χ1v) is 7.63. The van der Waals surface area contributed by atoms with E-state index in [2.05, 4.69) is 16.0 Å². The van der Waals surface area contributed by atoms with Gasteiger partial charge in [-0.15, -0.1) is 0 Å². The van der Waals surface area contributed by atoms with E-state index in [1.807, 2.05) is 50.3 Å². The molecule has 1 N–H and O–H groups in total. The second-order valence-electron chi connectivity index (χ2n) is 5.84. The van der Waals surface area contributed by atoms with Crippen LogP contribution < -0.4 is 9.47 Å². The number of rotatable bonds is 2. The van der Waals surface area contributed by atoms with E-state index >= 15 is 0 Å². The molecule has 0 radical (unpaired) electrons. The number of fused-ring (bicyclic) bond motifs is 2. The molecule has 4 rings (SSSR count). The van der Waals surface area contributed by atoms with Crippen LogP contribution in [0.2, 0.25) is 0 Å². The van der Waals surface area contributed by atoms with Gasteiger partial charge in [-0.3, -0.25) is 0 Å². The monoisotopic (exact) mass is 317 g/mol. The van der Waals surface area contributed by atoms with Crippen molar-refractivity contribution in [1.82, 2.24) is 9.97 Å². The van der Waals surface area contributed by atoms with Crippen LogP contribution in [0.4, 0.5) is 0 Å². The molecule has 1 aliphatic heterocycles. The minimum absolute atomic E-state index is 0.232. The Bertz CT molecular complexity index is 1030. The zero-order chi connectivity index (χ0) is 16.7. The molecule has 24 heavy (non-hydrogen) atoms. The minimum Gasteiger partial charge on any atom is -0.454 e. The number of aromatic amines is 1. The van der Waals surface area contributed by atoms with Gasteiger partial charge in [0.1, 0.15) is 11.9 Å². The lowest BCUT2D eigenvalue weighted by Gasteiger charge is -2.04. The van der Waals surface area contributed by atoms with Crippen LogP contribution in [-0.4, -0.2) is 16.8 Å². The molecule has 0 saturated carbocycles. The van der Waals surface area contributed by atoms with Crippen molar-refractivity contribution in [1.29, 1.82) is 5.26 Å². The molecule has 0 fully saturated rings. The van der Waals surface area contributed by atoms with Gasteiger partial charge in [-0.1, -0.05) is 6.07 Å². The molecule has 3 aromatic rings. The first kappa shape index (κ1) is 14.3. The second kappa shape index (κ2) is 5.43. The van der Waals surface area contributed by atoms with Crippen molar-refractivity contribution in [2.24, 2.45) is 0 Å². The second-order valence-corrected chi connectivity index (χ2v) is 5.84. The van der Waals surface area contributed by atoms with E-state index in [4.69, 9.17) is 9.47 Å². The van der Waals surface area contributed by atoms with Crippen molar-refractivity contribution >= 4 is 22.7 Å². The van der Waals surface area contributed by atoms with Gasteiger partial charge >= 0.3 is 0 Å². The fourth-order valence-corrected chi connectivity index (χ4v) is 2.77. The van der Waals surface area contributed by atoms with Crippen molar-refractivity contribution < 1.29 is 9.47 Å². The summed E-state index contributed by atoms with van der Waals surface area (Å²) in [5.41, 5.74) is 5.32. The fraction of sp³-hybridized carbons (Fsp3) is 0.158. The largest absolute Gasteiger partial charge is 0.454 e. The number of nitrogens with zero attached hydrogens (tertiary/aromatic N) is 2. The van der Waals surface area contributed by atoms with Crippen molar-refractivity contribution in [3.63, 3.8) is 0 Å². The van der Waals surface area contributed by atoms with Gasteiger partial charge in [0, 0.05) is 0 Å². The van der Waals surface area contributed by atoms with Crippen LogP contribution in [0.5, 0.6) is 11.5 Å². The number of aryl methyl sites for hydroxylation is 2. The molecule has 0 unspecified atom stereocenters. The molecule has 0 bridgehead atoms. The van der Waals surface area contributed by atoms with Gasteiger partial charge in [0.2, 0.25) is 6.79 Å². The Morgan fingerprint density at radius 3 is 2.79 bits per heavy atom. The molecule has 5 heteroatoms. The Morgan fingerprint density at radius 2 is 2.00 bits per heavy atom. The highest BCUT2D eigenvalue weighted by Crippen LogP contribution is 2.35. The van der Waals surface area contributed by atoms with Crippen molar-refractivity contribution in [2.75, 3.05) is 6.79 Å². The first-order chi connectivity index (χ1) is 11.6. The Kier molecular flexibility index (Phi) is 3.24. The summed E-state index contributed by atoms with van der Waals surface area (Å²) >= 11 is 0. The number of hydrogen-bond donors (Lipinski definition) is 1. The average Bonchev–Trinajstić information content (AvgIpc) is 3.17. The predicted molar refractivity (Wildman–Crippen MR) is 91.6 cm³/mol. The van der Waals surface area contributed by atoms with E-state index in [0.717, 1.165) is 33.5 Å². The fourth-order valence-electron chi connectivity index (χ4n) is 2.77. The lowest BCUT2D eigenvalue weighted by molar-refractivity contribution is 0.174. The quantitative estimate of drug-likeness (QED) is 0.726. The maximum atomic E-state index is 9.57. The average molecular weight is 317 g/mol. The van der Waals surface area contributed by atoms with Gasteiger partial charge in [0.15, 0.2) is 11.5 Å². The molecular weight excluding hydrogens is 302 g/mol. The molecule has 2 aromatic carbocycles. The van der Waals surface area contributed by atoms with Crippen molar-refractivity contribution in [3.8, 4) is 17.6 Å². The van der Waals surface area contributed by atoms with E-state index < -0.39 is 0 Å². The zero-order valence-corrected chi connectivity index (χ0v) is 13.4. The summed E-state index contributed by atoms with van der Waals surface area (Å²) in [6, 6.07) is 12.0. The van der Waals surface area contributed by atoms with Crippen LogP contribution in [0.25, 0.3) is 22.7 Å². The van der Waals surface area contributed by atoms with Gasteiger partial charge in [-0.2, -0.15) is 5.26 Å². The molecule has 0 spiro atoms. The molecule has 1 aromatic heterocycles. The third-order valence-electron chi connectivity index (χ3n) is 4.07. The Labute approximate surface area is 139 Å². The van der Waals surface area contributed by atoms with Gasteiger partial charge < -0.3 is 14.5 Å². The maximum Gasteiger partial charge on any atom is 0.231 e. The smallest absolute Gasteiger partial charge is 0.231 e. The van der Waals surface area contributed by atoms with E-state index in [-0.39, 0.29) is 6.79 Å². The summed E-state index contributed by atoms with van der Waals surface area (Å²) in [4.78, 5) is 7.74. The van der Waals surface area contributed by atoms with E-state index in [1.165, 1.54) is 0 Å². The molecule has 1 aliphatic rings. The van der Waals surface area contributed by atoms with Crippen molar-refractivity contribution in [3.05, 3.63) is 52.8 Å². The molecule has 0 atom stereocenters. The Morgan fingerprint density at radius 1 is 1.21 bits per heavy atom. The normalized spacial score (nSPS) is 13.3. The van der Waals surface area contributed by atoms with E-state index in [1.54, 1.807) is 0 Å². The summed E-state index contributed by atoms with van der Waals surface area (Å²) in [6.45, 7) is 4.23. The van der Waals surface area contributed by atoms with Crippen LogP contribution in [0.1, 0.15) is 22.5 Å². The minimum atomic E-state index is 0.232. The molecule has 2 heterocycles. The number of allylic oxidation sites excluding steroid dienone is 1. The van der Waals surface area contributed by atoms with Crippen LogP contribution in [-0.2, 0) is 0 Å². The number of nitriles is 1. The maximum absolute atomic E-state index is 9.57. The number of hydrogen-bond acceptors (Lipinski definition) is 4. The SMILES string of the molecule is Cc1ccc2nc(C(C#N)=Cc3cc4c(cc3C)OCO4)[nH]c2c1. The number of benzene rings is 2. The Hall–Kier alpha value is -3.26. The number of ether oxygens (including phenoxy) is 2. The number of imidazole rings is 1. The number of aromatic nitrogens is 2. The zero-order valence-electron chi connectivity index (χ0n) is 13.4. The third-order valence-corrected chi connectivity index (χ3v) is 4.07. The first-order valence-electron chi connectivity index (χ1n) is 7.63. The van der Waals surface area contributed by atoms with Gasteiger partial charge in [0.05, 0.1) is 16.6 Å². The summed E-state index contributed by atoms with van der Waals surface area (Å²) in [6.07, 6.45) is 1.82. The lowest BCUT2D eigenvalue weighted by Crippen LogP contribution is -1.92. The molecular formula is C19H15N3O2. The number of H-pyrrole nitrogens is 1. The topological polar surface area (TPSA) is 70.9 Å². The van der Waals surface area contributed by atoms with E-state index in [0.29, 0.717) is 17.1 Å². The van der Waals surface area contributed by atoms with Crippen LogP contribution in [0.15, 0.2) is 30.3 Å². The highest BCUT2D eigenvalue weighted by atomic mass is 16.7. The third kappa shape index (κ3) is 2.38. The van der Waals surface area contributed by atoms with Crippen LogP contribution >= 0.6 is 0 Å². The summed E-state index contributed by atoms with van der Waals surface area (Å²) in [7, 11) is 0. The molecule has 0 saturated heterocycles. The highest BCUT2D eigenvalue weighted by Gasteiger charge is 2.16. The summed E-state index contributed by atoms with van der Waals surface area (Å²) in [5.74, 6) is 2.00. The molecule has 118 valence electrons. The van der Waals surface area contributed by atoms with Gasteiger partial charge in [0.25, 0.3) is 0 Å². The predicted octanol–water partition coefficient (Wildman–Crippen LogP) is 3.97. The lowest BCUT2D eigenvalue weighted by atomic mass is 10.0. The van der Waals surface area contributed by atoms with Gasteiger partial charge in [-0.05, 0) is 60.9 Å². The van der Waals surface area contributed by atoms with Crippen LogP contribution in [0, 0.1) is 25.2 Å². The summed E-state index contributed by atoms with van der Waals surface area (Å²) in [5, 5.41) is 9.57. The standard InChI is InChI=1S/C19H15N3O2/c1-11-3-4-15-16(5-11)22-19(21-15)14(9-20)7-13-8-18-17(6-12(13)2)23-10-24-18/h3-8H,10H2,1-2H3,(H,21,22). The summed E-state index contributed by atoms with van der Waals surface area (Å²) < 4.78 is 10.8. The van der Waals surface area contributed by atoms with Crippen LogP contribution in [0.3, 0.4) is 0 Å². The Balaban J connectivity index is 1.80. The highest BCUT2D eigenvalue weighted by molar-refractivity contribution is 5.91. The van der Waals surface area contributed by atoms with Crippen molar-refractivity contribution in [2.45, 2.75) is 13.8 Å². The van der Waals surface area contributed by atoms with E-state index in [9.17, 15) is 5.26 Å². The molecule has 5 nitrogen and oxygen atoms in total. The van der Waals surface area contributed by atoms with Gasteiger partial charge in [-0.25, -0.2) is 4.98 Å². The molecule has 0 aliphatic carbocycles. The number of nitrogens with one attached hydrogen (secondary N) is 1. The molecule has 0 amide bonds.